The number of nitrogens with zero attached hydrogens (tertiary/aromatic N) is 2. The van der Waals surface area contributed by atoms with Crippen LogP contribution in [0, 0.1) is 0 Å². The Kier molecular flexibility index (Phi) is 6.41. The highest BCUT2D eigenvalue weighted by atomic mass is 15.2. The number of para-hydroxylation sites is 2. The van der Waals surface area contributed by atoms with Gasteiger partial charge in [0, 0.05) is 22.9 Å². The van der Waals surface area contributed by atoms with Crippen LogP contribution in [-0.4, -0.2) is 4.98 Å². The zero-order valence-corrected chi connectivity index (χ0v) is 27.2. The summed E-state index contributed by atoms with van der Waals surface area (Å²) in [4.78, 5) is 7.38. The van der Waals surface area contributed by atoms with Crippen LogP contribution in [0.15, 0.2) is 140 Å². The molecule has 2 heterocycles. The third-order valence-electron chi connectivity index (χ3n) is 9.85. The number of pyridine rings is 1. The number of fused-ring (bicyclic) bond motifs is 4. The van der Waals surface area contributed by atoms with Crippen molar-refractivity contribution in [2.75, 3.05) is 4.90 Å². The predicted octanol–water partition coefficient (Wildman–Crippen LogP) is 12.1. The van der Waals surface area contributed by atoms with Gasteiger partial charge in [-0.25, -0.2) is 0 Å². The Balaban J connectivity index is 1.54. The molecular weight excluding hydrogens is 556 g/mol. The third kappa shape index (κ3) is 4.35. The van der Waals surface area contributed by atoms with Crippen molar-refractivity contribution in [1.29, 1.82) is 0 Å². The lowest BCUT2D eigenvalue weighted by Crippen LogP contribution is -2.30. The highest BCUT2D eigenvalue weighted by Crippen LogP contribution is 2.55. The minimum atomic E-state index is -0.215. The summed E-state index contributed by atoms with van der Waals surface area (Å²) in [7, 11) is 0. The Morgan fingerprint density at radius 3 is 1.87 bits per heavy atom. The van der Waals surface area contributed by atoms with Crippen molar-refractivity contribution in [2.45, 2.75) is 45.4 Å². The number of benzene rings is 6. The summed E-state index contributed by atoms with van der Waals surface area (Å²) in [6.45, 7) is 11.6. The van der Waals surface area contributed by atoms with E-state index in [1.807, 2.05) is 12.3 Å². The molecule has 2 heteroatoms. The van der Waals surface area contributed by atoms with E-state index in [1.54, 1.807) is 0 Å². The van der Waals surface area contributed by atoms with E-state index in [1.165, 1.54) is 66.3 Å². The van der Waals surface area contributed by atoms with Gasteiger partial charge >= 0.3 is 0 Å². The van der Waals surface area contributed by atoms with E-state index in [2.05, 4.69) is 167 Å². The first-order valence-electron chi connectivity index (χ1n) is 16.2. The lowest BCUT2D eigenvalue weighted by atomic mass is 9.72. The van der Waals surface area contributed by atoms with Gasteiger partial charge in [-0.2, -0.15) is 0 Å². The molecule has 2 nitrogen and oxygen atoms in total. The molecular formula is C44H38N2. The number of rotatable bonds is 3. The maximum absolute atomic E-state index is 4.93. The molecule has 0 aliphatic carbocycles. The molecule has 0 atom stereocenters. The molecule has 7 aromatic rings. The molecule has 0 saturated carbocycles. The van der Waals surface area contributed by atoms with Gasteiger partial charge in [0.2, 0.25) is 0 Å². The van der Waals surface area contributed by atoms with E-state index in [0.717, 1.165) is 11.4 Å². The van der Waals surface area contributed by atoms with Gasteiger partial charge in [0.1, 0.15) is 0 Å². The van der Waals surface area contributed by atoms with Crippen LogP contribution in [0.25, 0.3) is 43.9 Å². The Labute approximate surface area is 272 Å². The Morgan fingerprint density at radius 2 is 1.17 bits per heavy atom. The molecule has 1 aliphatic heterocycles. The zero-order valence-electron chi connectivity index (χ0n) is 27.2. The van der Waals surface area contributed by atoms with Gasteiger partial charge in [-0.15, -0.1) is 0 Å². The summed E-state index contributed by atoms with van der Waals surface area (Å²) >= 11 is 0. The SMILES string of the molecule is CC(C)(C)c1ccc(-c2c3ccccc3c(-c3ccccn3)c3cc4c(cc23)N(c2ccccc2)c2ccccc2C4(C)C)cc1. The van der Waals surface area contributed by atoms with Crippen LogP contribution in [0.3, 0.4) is 0 Å². The molecule has 46 heavy (non-hydrogen) atoms. The monoisotopic (exact) mass is 594 g/mol. The van der Waals surface area contributed by atoms with E-state index in [0.29, 0.717) is 0 Å². The molecule has 0 bridgehead atoms. The van der Waals surface area contributed by atoms with Crippen LogP contribution >= 0.6 is 0 Å². The molecule has 0 unspecified atom stereocenters. The summed E-state index contributed by atoms with van der Waals surface area (Å²) < 4.78 is 0. The lowest BCUT2D eigenvalue weighted by Gasteiger charge is -2.42. The van der Waals surface area contributed by atoms with Gasteiger partial charge in [0.05, 0.1) is 17.1 Å². The van der Waals surface area contributed by atoms with Crippen LogP contribution in [0.2, 0.25) is 0 Å². The number of hydrogen-bond donors (Lipinski definition) is 0. The van der Waals surface area contributed by atoms with Crippen molar-refractivity contribution >= 4 is 38.6 Å². The Hall–Kier alpha value is -5.21. The second-order valence-corrected chi connectivity index (χ2v) is 14.1. The van der Waals surface area contributed by atoms with E-state index < -0.39 is 0 Å². The smallest absolute Gasteiger partial charge is 0.0714 e. The zero-order chi connectivity index (χ0) is 31.6. The molecule has 1 aliphatic rings. The van der Waals surface area contributed by atoms with E-state index in [9.17, 15) is 0 Å². The van der Waals surface area contributed by atoms with Crippen molar-refractivity contribution in [3.63, 3.8) is 0 Å². The second kappa shape index (κ2) is 10.4. The highest BCUT2D eigenvalue weighted by molar-refractivity contribution is 6.22. The quantitative estimate of drug-likeness (QED) is 0.189. The molecule has 0 saturated heterocycles. The summed E-state index contributed by atoms with van der Waals surface area (Å²) in [6.07, 6.45) is 1.91. The first-order valence-corrected chi connectivity index (χ1v) is 16.2. The van der Waals surface area contributed by atoms with Gasteiger partial charge in [-0.3, -0.25) is 4.98 Å². The highest BCUT2D eigenvalue weighted by Gasteiger charge is 2.37. The lowest BCUT2D eigenvalue weighted by molar-refractivity contribution is 0.590. The molecule has 0 fully saturated rings. The van der Waals surface area contributed by atoms with Gasteiger partial charge in [-0.05, 0) is 97.2 Å². The maximum Gasteiger partial charge on any atom is 0.0714 e. The van der Waals surface area contributed by atoms with Crippen molar-refractivity contribution in [3.8, 4) is 22.4 Å². The minimum Gasteiger partial charge on any atom is -0.310 e. The molecule has 6 aromatic carbocycles. The summed E-state index contributed by atoms with van der Waals surface area (Å²) in [5.74, 6) is 0. The predicted molar refractivity (Wildman–Crippen MR) is 196 cm³/mol. The van der Waals surface area contributed by atoms with Crippen LogP contribution in [0.1, 0.15) is 51.3 Å². The summed E-state index contributed by atoms with van der Waals surface area (Å²) in [5, 5.41) is 4.92. The first kappa shape index (κ1) is 28.3. The number of aromatic nitrogens is 1. The molecule has 0 amide bonds. The van der Waals surface area contributed by atoms with Crippen molar-refractivity contribution in [2.24, 2.45) is 0 Å². The minimum absolute atomic E-state index is 0.0831. The van der Waals surface area contributed by atoms with Crippen LogP contribution in [0.4, 0.5) is 17.1 Å². The molecule has 0 radical (unpaired) electrons. The van der Waals surface area contributed by atoms with Gasteiger partial charge < -0.3 is 4.90 Å². The second-order valence-electron chi connectivity index (χ2n) is 14.1. The average Bonchev–Trinajstić information content (AvgIpc) is 3.07. The molecule has 0 spiro atoms. The molecule has 8 rings (SSSR count). The Morgan fingerprint density at radius 1 is 0.543 bits per heavy atom. The Bertz CT molecular complexity index is 2240. The fourth-order valence-electron chi connectivity index (χ4n) is 7.46. The fraction of sp³-hybridized carbons (Fsp3) is 0.159. The van der Waals surface area contributed by atoms with Crippen molar-refractivity contribution in [1.82, 2.24) is 4.98 Å². The topological polar surface area (TPSA) is 16.1 Å². The number of anilines is 3. The van der Waals surface area contributed by atoms with E-state index in [-0.39, 0.29) is 10.8 Å². The fourth-order valence-corrected chi connectivity index (χ4v) is 7.46. The van der Waals surface area contributed by atoms with Gasteiger partial charge in [-0.1, -0.05) is 126 Å². The van der Waals surface area contributed by atoms with Gasteiger partial charge in [0.15, 0.2) is 0 Å². The summed E-state index contributed by atoms with van der Waals surface area (Å²) in [6, 6.07) is 49.0. The maximum atomic E-state index is 4.93. The standard InChI is InChI=1S/C44H38N2/c1-43(2,3)30-24-22-29(23-25-30)41-32-17-9-10-18-33(32)42(38-20-13-14-26-45-38)34-27-37-40(28-35(34)41)46(31-15-7-6-8-16-31)39-21-12-11-19-36(39)44(37,4)5/h6-28H,1-5H3. The van der Waals surface area contributed by atoms with Crippen molar-refractivity contribution < 1.29 is 0 Å². The van der Waals surface area contributed by atoms with Gasteiger partial charge in [0.25, 0.3) is 0 Å². The third-order valence-corrected chi connectivity index (χ3v) is 9.85. The van der Waals surface area contributed by atoms with Crippen LogP contribution < -0.4 is 4.90 Å². The molecule has 1 aromatic heterocycles. The van der Waals surface area contributed by atoms with E-state index in [4.69, 9.17) is 4.98 Å². The van der Waals surface area contributed by atoms with E-state index >= 15 is 0 Å². The average molecular weight is 595 g/mol. The normalized spacial score (nSPS) is 13.9. The first-order chi connectivity index (χ1) is 22.2. The van der Waals surface area contributed by atoms with Crippen molar-refractivity contribution in [3.05, 3.63) is 156 Å². The largest absolute Gasteiger partial charge is 0.310 e. The number of hydrogen-bond acceptors (Lipinski definition) is 2. The summed E-state index contributed by atoms with van der Waals surface area (Å²) in [5.41, 5.74) is 12.1. The van der Waals surface area contributed by atoms with Crippen LogP contribution in [0.5, 0.6) is 0 Å². The molecule has 0 N–H and O–H groups in total. The van der Waals surface area contributed by atoms with Crippen LogP contribution in [-0.2, 0) is 10.8 Å². The molecule has 224 valence electrons.